The van der Waals surface area contributed by atoms with Crippen LogP contribution >= 0.6 is 22.9 Å². The van der Waals surface area contributed by atoms with Gasteiger partial charge in [-0.15, -0.1) is 11.3 Å². The summed E-state index contributed by atoms with van der Waals surface area (Å²) in [6, 6.07) is 22.3. The summed E-state index contributed by atoms with van der Waals surface area (Å²) in [7, 11) is -6.33. The molecular weight excluding hydrogens is 582 g/mol. The first-order valence-electron chi connectivity index (χ1n) is 11.2. The Morgan fingerprint density at radius 1 is 0.718 bits per heavy atom. The third-order valence-corrected chi connectivity index (χ3v) is 9.84. The lowest BCUT2D eigenvalue weighted by molar-refractivity contribution is 0.415. The molecular formula is C25H20ClN5O5S3. The number of aromatic nitrogens is 2. The van der Waals surface area contributed by atoms with Crippen molar-refractivity contribution in [3.8, 4) is 5.75 Å². The number of nitrogens with zero attached hydrogens (tertiary/aromatic N) is 2. The number of rotatable bonds is 9. The maximum Gasteiger partial charge on any atom is 0.272 e. The van der Waals surface area contributed by atoms with Crippen molar-refractivity contribution in [1.82, 2.24) is 9.97 Å². The molecule has 0 saturated heterocycles. The molecule has 0 spiro atoms. The van der Waals surface area contributed by atoms with Crippen LogP contribution in [0.3, 0.4) is 0 Å². The van der Waals surface area contributed by atoms with Crippen LogP contribution in [-0.2, 0) is 20.0 Å². The number of benzene rings is 3. The Balaban J connectivity index is 1.42. The average Bonchev–Trinajstić information content (AvgIpc) is 3.37. The summed E-state index contributed by atoms with van der Waals surface area (Å²) in [6.07, 6.45) is 0. The molecule has 0 bridgehead atoms. The SMILES string of the molecule is COc1ccc(NS(=O)(=O)c2ccc(Nc3nc4ccccc4nc3NS(=O)(=O)c3ccc(Cl)s3)cc2)cc1. The summed E-state index contributed by atoms with van der Waals surface area (Å²) in [5.41, 5.74) is 1.86. The van der Waals surface area contributed by atoms with Crippen molar-refractivity contribution < 1.29 is 21.6 Å². The quantitative estimate of drug-likeness (QED) is 0.195. The highest BCUT2D eigenvalue weighted by atomic mass is 35.5. The molecule has 10 nitrogen and oxygen atoms in total. The second-order valence-electron chi connectivity index (χ2n) is 8.06. The number of hydrogen-bond donors (Lipinski definition) is 3. The molecule has 0 unspecified atom stereocenters. The predicted molar refractivity (Wildman–Crippen MR) is 153 cm³/mol. The highest BCUT2D eigenvalue weighted by Gasteiger charge is 2.21. The molecule has 0 aliphatic carbocycles. The fourth-order valence-electron chi connectivity index (χ4n) is 3.51. The zero-order valence-electron chi connectivity index (χ0n) is 20.1. The molecule has 0 aliphatic rings. The lowest BCUT2D eigenvalue weighted by Gasteiger charge is -2.14. The molecule has 5 aromatic rings. The van der Waals surface area contributed by atoms with Crippen molar-refractivity contribution in [3.05, 3.63) is 89.3 Å². The minimum atomic E-state index is -3.99. The number of methoxy groups -OCH3 is 1. The number of ether oxygens (including phenoxy) is 1. The number of thiophene rings is 1. The maximum atomic E-state index is 13.0. The van der Waals surface area contributed by atoms with E-state index in [4.69, 9.17) is 16.3 Å². The van der Waals surface area contributed by atoms with Crippen LogP contribution in [0.25, 0.3) is 11.0 Å². The number of anilines is 4. The van der Waals surface area contributed by atoms with Crippen LogP contribution in [0, 0.1) is 0 Å². The molecule has 0 aliphatic heterocycles. The molecule has 0 radical (unpaired) electrons. The summed E-state index contributed by atoms with van der Waals surface area (Å²) in [5, 5.41) is 3.03. The number of sulfonamides is 2. The summed E-state index contributed by atoms with van der Waals surface area (Å²) in [5.74, 6) is 0.703. The van der Waals surface area contributed by atoms with Gasteiger partial charge in [-0.25, -0.2) is 26.8 Å². The van der Waals surface area contributed by atoms with Crippen molar-refractivity contribution >= 4 is 77.0 Å². The van der Waals surface area contributed by atoms with E-state index >= 15 is 0 Å². The molecule has 3 N–H and O–H groups in total. The van der Waals surface area contributed by atoms with Crippen LogP contribution in [-0.4, -0.2) is 33.9 Å². The van der Waals surface area contributed by atoms with E-state index in [0.29, 0.717) is 32.5 Å². The second kappa shape index (κ2) is 10.7. The maximum absolute atomic E-state index is 13.0. The van der Waals surface area contributed by atoms with Crippen LogP contribution in [0.5, 0.6) is 5.75 Å². The highest BCUT2D eigenvalue weighted by Crippen LogP contribution is 2.31. The average molecular weight is 602 g/mol. The molecule has 0 amide bonds. The van der Waals surface area contributed by atoms with Crippen LogP contribution in [0.15, 0.2) is 94.0 Å². The van der Waals surface area contributed by atoms with Gasteiger partial charge < -0.3 is 10.1 Å². The highest BCUT2D eigenvalue weighted by molar-refractivity contribution is 7.94. The third kappa shape index (κ3) is 6.06. The van der Waals surface area contributed by atoms with Gasteiger partial charge in [0.05, 0.1) is 27.4 Å². The van der Waals surface area contributed by atoms with Crippen LogP contribution in [0.2, 0.25) is 4.34 Å². The molecule has 0 atom stereocenters. The number of nitrogens with one attached hydrogen (secondary N) is 3. The number of hydrogen-bond acceptors (Lipinski definition) is 9. The normalized spacial score (nSPS) is 11.7. The van der Waals surface area contributed by atoms with Gasteiger partial charge in [-0.3, -0.25) is 9.44 Å². The summed E-state index contributed by atoms with van der Waals surface area (Å²) in [4.78, 5) is 9.01. The monoisotopic (exact) mass is 601 g/mol. The van der Waals surface area contributed by atoms with Crippen molar-refractivity contribution in [1.29, 1.82) is 0 Å². The van der Waals surface area contributed by atoms with Crippen LogP contribution < -0.4 is 19.5 Å². The van der Waals surface area contributed by atoms with E-state index in [9.17, 15) is 16.8 Å². The van der Waals surface area contributed by atoms with Gasteiger partial charge in [0.25, 0.3) is 20.0 Å². The first-order valence-corrected chi connectivity index (χ1v) is 15.4. The van der Waals surface area contributed by atoms with Gasteiger partial charge in [-0.05, 0) is 72.8 Å². The standard InChI is InChI=1S/C25H20ClN5O5S3/c1-36-18-10-6-17(7-11-18)30-38(32,33)19-12-8-16(9-13-19)27-24-25(29-21-5-3-2-4-20(21)28-24)31-39(34,35)23-15-14-22(26)37-23/h2-15,30H,1H3,(H,27,28)(H,29,31). The van der Waals surface area contributed by atoms with E-state index in [2.05, 4.69) is 24.7 Å². The van der Waals surface area contributed by atoms with E-state index in [0.717, 1.165) is 11.3 Å². The summed E-state index contributed by atoms with van der Waals surface area (Å²) in [6.45, 7) is 0. The number of fused-ring (bicyclic) bond motifs is 1. The fourth-order valence-corrected chi connectivity index (χ4v) is 7.06. The molecule has 0 fully saturated rings. The van der Waals surface area contributed by atoms with Crippen LogP contribution in [0.4, 0.5) is 23.0 Å². The van der Waals surface area contributed by atoms with Gasteiger partial charge in [0.15, 0.2) is 11.6 Å². The Kier molecular flexibility index (Phi) is 7.32. The molecule has 39 heavy (non-hydrogen) atoms. The zero-order chi connectivity index (χ0) is 27.6. The topological polar surface area (TPSA) is 139 Å². The Labute approximate surface area is 233 Å². The number of para-hydroxylation sites is 2. The number of halogens is 1. The summed E-state index contributed by atoms with van der Waals surface area (Å²) < 4.78 is 62.1. The van der Waals surface area contributed by atoms with E-state index in [1.54, 1.807) is 48.5 Å². The molecule has 14 heteroatoms. The minimum Gasteiger partial charge on any atom is -0.497 e. The summed E-state index contributed by atoms with van der Waals surface area (Å²) >= 11 is 6.83. The molecule has 2 aromatic heterocycles. The fraction of sp³-hybridized carbons (Fsp3) is 0.0400. The first-order chi connectivity index (χ1) is 18.6. The first kappa shape index (κ1) is 26.7. The van der Waals surface area contributed by atoms with Crippen LogP contribution in [0.1, 0.15) is 0 Å². The molecule has 200 valence electrons. The molecule has 5 rings (SSSR count). The van der Waals surface area contributed by atoms with Gasteiger partial charge in [-0.1, -0.05) is 23.7 Å². The van der Waals surface area contributed by atoms with Crippen molar-refractivity contribution in [3.63, 3.8) is 0 Å². The zero-order valence-corrected chi connectivity index (χ0v) is 23.3. The van der Waals surface area contributed by atoms with E-state index < -0.39 is 20.0 Å². The third-order valence-electron chi connectivity index (χ3n) is 5.38. The smallest absolute Gasteiger partial charge is 0.272 e. The molecule has 0 saturated carbocycles. The minimum absolute atomic E-state index is 0.0207. The van der Waals surface area contributed by atoms with E-state index in [-0.39, 0.29) is 20.7 Å². The van der Waals surface area contributed by atoms with Gasteiger partial charge in [0.2, 0.25) is 0 Å². The van der Waals surface area contributed by atoms with Crippen molar-refractivity contribution in [2.75, 3.05) is 21.9 Å². The van der Waals surface area contributed by atoms with E-state index in [1.165, 1.54) is 43.5 Å². The van der Waals surface area contributed by atoms with Crippen molar-refractivity contribution in [2.45, 2.75) is 9.10 Å². The van der Waals surface area contributed by atoms with Gasteiger partial charge in [0, 0.05) is 11.4 Å². The van der Waals surface area contributed by atoms with Gasteiger partial charge in [0.1, 0.15) is 9.96 Å². The Morgan fingerprint density at radius 3 is 1.92 bits per heavy atom. The molecule has 3 aromatic carbocycles. The molecule has 2 heterocycles. The predicted octanol–water partition coefficient (Wildman–Crippen LogP) is 5.70. The lowest BCUT2D eigenvalue weighted by atomic mass is 10.3. The van der Waals surface area contributed by atoms with Gasteiger partial charge >= 0.3 is 0 Å². The second-order valence-corrected chi connectivity index (χ2v) is 13.4. The Hall–Kier alpha value is -3.91. The van der Waals surface area contributed by atoms with Gasteiger partial charge in [-0.2, -0.15) is 0 Å². The Bertz CT molecular complexity index is 1860. The van der Waals surface area contributed by atoms with E-state index in [1.807, 2.05) is 0 Å². The lowest BCUT2D eigenvalue weighted by Crippen LogP contribution is -2.15. The van der Waals surface area contributed by atoms with Crippen molar-refractivity contribution in [2.24, 2.45) is 0 Å². The Morgan fingerprint density at radius 2 is 1.33 bits per heavy atom. The largest absolute Gasteiger partial charge is 0.497 e.